The van der Waals surface area contributed by atoms with Gasteiger partial charge in [-0.05, 0) is 31.0 Å². The maximum atomic E-state index is 12.5. The van der Waals surface area contributed by atoms with Gasteiger partial charge in [0.2, 0.25) is 0 Å². The first-order valence-electron chi connectivity index (χ1n) is 3.99. The molecule has 1 aromatic rings. The van der Waals surface area contributed by atoms with Crippen molar-refractivity contribution in [3.63, 3.8) is 0 Å². The second-order valence-corrected chi connectivity index (χ2v) is 2.88. The van der Waals surface area contributed by atoms with E-state index in [4.69, 9.17) is 4.74 Å². The quantitative estimate of drug-likeness (QED) is 0.673. The molecule has 0 fully saturated rings. The van der Waals surface area contributed by atoms with E-state index >= 15 is 0 Å². The Morgan fingerprint density at radius 1 is 1.33 bits per heavy atom. The summed E-state index contributed by atoms with van der Waals surface area (Å²) in [7, 11) is 1.67. The summed E-state index contributed by atoms with van der Waals surface area (Å²) >= 11 is 0. The van der Waals surface area contributed by atoms with Crippen molar-refractivity contribution in [2.75, 3.05) is 7.11 Å². The van der Waals surface area contributed by atoms with Gasteiger partial charge in [0.1, 0.15) is 5.82 Å². The lowest BCUT2D eigenvalue weighted by Crippen LogP contribution is -2.08. The van der Waals surface area contributed by atoms with Gasteiger partial charge in [-0.15, -0.1) is 0 Å². The van der Waals surface area contributed by atoms with Crippen molar-refractivity contribution in [2.24, 2.45) is 0 Å². The fourth-order valence-corrected chi connectivity index (χ4v) is 1.04. The van der Waals surface area contributed by atoms with Crippen molar-refractivity contribution < 1.29 is 9.13 Å². The highest BCUT2D eigenvalue weighted by Crippen LogP contribution is 2.06. The molecule has 2 heteroatoms. The van der Waals surface area contributed by atoms with E-state index in [-0.39, 0.29) is 11.9 Å². The first-order valence-corrected chi connectivity index (χ1v) is 3.99. The van der Waals surface area contributed by atoms with Crippen LogP contribution >= 0.6 is 0 Å². The zero-order chi connectivity index (χ0) is 8.97. The standard InChI is InChI=1S/C10H13FO/c1-8(12-2)7-9-3-5-10(11)6-4-9/h3-6,8H,7H2,1-2H3/t8-/m1/s1. The zero-order valence-corrected chi connectivity index (χ0v) is 7.38. The lowest BCUT2D eigenvalue weighted by molar-refractivity contribution is 0.119. The van der Waals surface area contributed by atoms with E-state index in [2.05, 4.69) is 0 Å². The summed E-state index contributed by atoms with van der Waals surface area (Å²) < 4.78 is 17.6. The maximum absolute atomic E-state index is 12.5. The van der Waals surface area contributed by atoms with E-state index < -0.39 is 0 Å². The maximum Gasteiger partial charge on any atom is 0.123 e. The summed E-state index contributed by atoms with van der Waals surface area (Å²) in [6.07, 6.45) is 1.02. The molecule has 0 spiro atoms. The molecule has 0 radical (unpaired) electrons. The SMILES string of the molecule is CO[C@H](C)Cc1ccc(F)cc1. The molecule has 12 heavy (non-hydrogen) atoms. The second-order valence-electron chi connectivity index (χ2n) is 2.88. The summed E-state index contributed by atoms with van der Waals surface area (Å²) in [6.45, 7) is 1.99. The van der Waals surface area contributed by atoms with E-state index in [1.807, 2.05) is 6.92 Å². The Morgan fingerprint density at radius 3 is 2.42 bits per heavy atom. The number of halogens is 1. The Balaban J connectivity index is 2.58. The molecule has 0 aromatic heterocycles. The second kappa shape index (κ2) is 4.21. The summed E-state index contributed by atoms with van der Waals surface area (Å²) in [5, 5.41) is 0. The third-order valence-corrected chi connectivity index (χ3v) is 1.84. The molecule has 0 N–H and O–H groups in total. The molecule has 1 aromatic carbocycles. The third kappa shape index (κ3) is 2.62. The molecular formula is C10H13FO. The van der Waals surface area contributed by atoms with Crippen LogP contribution in [-0.4, -0.2) is 13.2 Å². The van der Waals surface area contributed by atoms with Crippen LogP contribution in [0.3, 0.4) is 0 Å². The fraction of sp³-hybridized carbons (Fsp3) is 0.400. The van der Waals surface area contributed by atoms with E-state index in [9.17, 15) is 4.39 Å². The van der Waals surface area contributed by atoms with Crippen molar-refractivity contribution >= 4 is 0 Å². The Hall–Kier alpha value is -0.890. The van der Waals surface area contributed by atoms with Crippen LogP contribution in [0.5, 0.6) is 0 Å². The molecule has 0 amide bonds. The minimum atomic E-state index is -0.191. The van der Waals surface area contributed by atoms with Crippen molar-refractivity contribution in [3.05, 3.63) is 35.6 Å². The van der Waals surface area contributed by atoms with E-state index in [0.29, 0.717) is 0 Å². The minimum Gasteiger partial charge on any atom is -0.381 e. The lowest BCUT2D eigenvalue weighted by atomic mass is 10.1. The molecule has 1 atom stereocenters. The molecule has 66 valence electrons. The van der Waals surface area contributed by atoms with Crippen LogP contribution < -0.4 is 0 Å². The lowest BCUT2D eigenvalue weighted by Gasteiger charge is -2.08. The molecule has 0 bridgehead atoms. The Morgan fingerprint density at radius 2 is 1.92 bits per heavy atom. The van der Waals surface area contributed by atoms with Crippen molar-refractivity contribution in [1.29, 1.82) is 0 Å². The predicted molar refractivity (Wildman–Crippen MR) is 46.6 cm³/mol. The van der Waals surface area contributed by atoms with Gasteiger partial charge in [-0.3, -0.25) is 0 Å². The number of methoxy groups -OCH3 is 1. The Labute approximate surface area is 72.2 Å². The molecule has 0 saturated carbocycles. The van der Waals surface area contributed by atoms with Gasteiger partial charge in [-0.25, -0.2) is 4.39 Å². The average Bonchev–Trinajstić information content (AvgIpc) is 2.09. The number of rotatable bonds is 3. The van der Waals surface area contributed by atoms with E-state index in [0.717, 1.165) is 12.0 Å². The van der Waals surface area contributed by atoms with Gasteiger partial charge in [-0.1, -0.05) is 12.1 Å². The first-order chi connectivity index (χ1) is 5.72. The topological polar surface area (TPSA) is 9.23 Å². The van der Waals surface area contributed by atoms with Gasteiger partial charge < -0.3 is 4.74 Å². The van der Waals surface area contributed by atoms with E-state index in [1.54, 1.807) is 19.2 Å². The average molecular weight is 168 g/mol. The van der Waals surface area contributed by atoms with Gasteiger partial charge in [0.25, 0.3) is 0 Å². The number of hydrogen-bond donors (Lipinski definition) is 0. The fourth-order valence-electron chi connectivity index (χ4n) is 1.04. The number of benzene rings is 1. The molecule has 0 aliphatic rings. The first kappa shape index (κ1) is 9.20. The van der Waals surface area contributed by atoms with Crippen molar-refractivity contribution in [3.8, 4) is 0 Å². The number of ether oxygens (including phenoxy) is 1. The van der Waals surface area contributed by atoms with Gasteiger partial charge in [0, 0.05) is 7.11 Å². The normalized spacial score (nSPS) is 12.9. The van der Waals surface area contributed by atoms with Crippen LogP contribution in [0.4, 0.5) is 4.39 Å². The van der Waals surface area contributed by atoms with E-state index in [1.165, 1.54) is 12.1 Å². The van der Waals surface area contributed by atoms with Crippen LogP contribution in [-0.2, 0) is 11.2 Å². The molecule has 0 aliphatic carbocycles. The summed E-state index contributed by atoms with van der Waals surface area (Å²) in [5.41, 5.74) is 1.10. The molecule has 0 aliphatic heterocycles. The highest BCUT2D eigenvalue weighted by molar-refractivity contribution is 5.16. The molecule has 0 unspecified atom stereocenters. The van der Waals surface area contributed by atoms with Gasteiger partial charge in [0.15, 0.2) is 0 Å². The zero-order valence-electron chi connectivity index (χ0n) is 7.38. The number of hydrogen-bond acceptors (Lipinski definition) is 1. The molecule has 1 nitrogen and oxygen atoms in total. The van der Waals surface area contributed by atoms with Crippen molar-refractivity contribution in [1.82, 2.24) is 0 Å². The molecular weight excluding hydrogens is 155 g/mol. The van der Waals surface area contributed by atoms with Crippen molar-refractivity contribution in [2.45, 2.75) is 19.4 Å². The molecule has 1 rings (SSSR count). The highest BCUT2D eigenvalue weighted by atomic mass is 19.1. The van der Waals surface area contributed by atoms with Crippen LogP contribution in [0.25, 0.3) is 0 Å². The van der Waals surface area contributed by atoms with Gasteiger partial charge >= 0.3 is 0 Å². The van der Waals surface area contributed by atoms with Crippen LogP contribution in [0, 0.1) is 5.82 Å². The largest absolute Gasteiger partial charge is 0.381 e. The minimum absolute atomic E-state index is 0.190. The summed E-state index contributed by atoms with van der Waals surface area (Å²) in [4.78, 5) is 0. The van der Waals surface area contributed by atoms with Gasteiger partial charge in [0.05, 0.1) is 6.10 Å². The predicted octanol–water partition coefficient (Wildman–Crippen LogP) is 2.40. The molecule has 0 saturated heterocycles. The third-order valence-electron chi connectivity index (χ3n) is 1.84. The van der Waals surface area contributed by atoms with Crippen LogP contribution in [0.2, 0.25) is 0 Å². The summed E-state index contributed by atoms with van der Waals surface area (Å²) in [5.74, 6) is -0.191. The van der Waals surface area contributed by atoms with Gasteiger partial charge in [-0.2, -0.15) is 0 Å². The Bertz CT molecular complexity index is 230. The Kier molecular flexibility index (Phi) is 3.23. The smallest absolute Gasteiger partial charge is 0.123 e. The monoisotopic (exact) mass is 168 g/mol. The van der Waals surface area contributed by atoms with Crippen LogP contribution in [0.15, 0.2) is 24.3 Å². The summed E-state index contributed by atoms with van der Waals surface area (Å²) in [6, 6.07) is 6.51. The van der Waals surface area contributed by atoms with Crippen LogP contribution in [0.1, 0.15) is 12.5 Å². The highest BCUT2D eigenvalue weighted by Gasteiger charge is 2.00. The molecule has 0 heterocycles.